The zero-order chi connectivity index (χ0) is 16.1. The molecule has 3 nitrogen and oxygen atoms in total. The molecular formula is C19H31ClN2O. The van der Waals surface area contributed by atoms with E-state index in [0.717, 1.165) is 12.8 Å². The number of nitrogens with one attached hydrogen (secondary N) is 1. The van der Waals surface area contributed by atoms with Gasteiger partial charge in [0.2, 0.25) is 5.91 Å². The summed E-state index contributed by atoms with van der Waals surface area (Å²) in [5.41, 5.74) is 8.36. The summed E-state index contributed by atoms with van der Waals surface area (Å²) in [5.74, 6) is 1.41. The molecule has 1 aliphatic carbocycles. The fraction of sp³-hybridized carbons (Fsp3) is 0.632. The molecule has 3 unspecified atom stereocenters. The molecular weight excluding hydrogens is 308 g/mol. The molecule has 23 heavy (non-hydrogen) atoms. The van der Waals surface area contributed by atoms with Gasteiger partial charge in [0.25, 0.3) is 0 Å². The first-order chi connectivity index (χ1) is 10.5. The maximum Gasteiger partial charge on any atom is 0.220 e. The maximum absolute atomic E-state index is 12.3. The molecule has 1 aromatic carbocycles. The van der Waals surface area contributed by atoms with Crippen molar-refractivity contribution in [2.24, 2.45) is 11.7 Å². The molecule has 3 atom stereocenters. The van der Waals surface area contributed by atoms with E-state index in [4.69, 9.17) is 5.73 Å². The number of amides is 1. The predicted octanol–water partition coefficient (Wildman–Crippen LogP) is 3.97. The first-order valence-corrected chi connectivity index (χ1v) is 8.60. The summed E-state index contributed by atoms with van der Waals surface area (Å²) in [6.07, 6.45) is 3.95. The monoisotopic (exact) mass is 338 g/mol. The van der Waals surface area contributed by atoms with Gasteiger partial charge in [0.1, 0.15) is 0 Å². The number of hydrogen-bond donors (Lipinski definition) is 2. The summed E-state index contributed by atoms with van der Waals surface area (Å²) < 4.78 is 0. The Kier molecular flexibility index (Phi) is 8.07. The highest BCUT2D eigenvalue weighted by Gasteiger charge is 2.27. The van der Waals surface area contributed by atoms with Gasteiger partial charge in [0, 0.05) is 12.5 Å². The van der Waals surface area contributed by atoms with Crippen LogP contribution in [-0.2, 0) is 4.79 Å². The van der Waals surface area contributed by atoms with Crippen LogP contribution >= 0.6 is 12.4 Å². The van der Waals surface area contributed by atoms with Crippen LogP contribution in [0.5, 0.6) is 0 Å². The van der Waals surface area contributed by atoms with Crippen LogP contribution in [0, 0.1) is 5.92 Å². The van der Waals surface area contributed by atoms with Crippen molar-refractivity contribution >= 4 is 18.3 Å². The molecule has 130 valence electrons. The minimum absolute atomic E-state index is 0. The Morgan fingerprint density at radius 2 is 1.78 bits per heavy atom. The number of carbonyl (C=O) groups is 1. The van der Waals surface area contributed by atoms with Gasteiger partial charge in [-0.05, 0) is 48.3 Å². The van der Waals surface area contributed by atoms with Crippen LogP contribution in [0.1, 0.15) is 69.4 Å². The fourth-order valence-electron chi connectivity index (χ4n) is 3.38. The quantitative estimate of drug-likeness (QED) is 0.824. The van der Waals surface area contributed by atoms with Crippen molar-refractivity contribution in [3.05, 3.63) is 35.4 Å². The zero-order valence-electron chi connectivity index (χ0n) is 14.5. The molecule has 0 aliphatic heterocycles. The van der Waals surface area contributed by atoms with Crippen molar-refractivity contribution in [1.29, 1.82) is 0 Å². The Labute approximate surface area is 146 Å². The Hall–Kier alpha value is -1.06. The first-order valence-electron chi connectivity index (χ1n) is 8.60. The lowest BCUT2D eigenvalue weighted by Gasteiger charge is -2.21. The zero-order valence-corrected chi connectivity index (χ0v) is 15.4. The van der Waals surface area contributed by atoms with Crippen LogP contribution in [0.4, 0.5) is 0 Å². The van der Waals surface area contributed by atoms with Gasteiger partial charge >= 0.3 is 0 Å². The highest BCUT2D eigenvalue weighted by atomic mass is 35.5. The normalized spacial score (nSPS) is 21.8. The fourth-order valence-corrected chi connectivity index (χ4v) is 3.38. The number of carbonyl (C=O) groups excluding carboxylic acids is 1. The molecule has 1 saturated carbocycles. The number of halogens is 1. The molecule has 0 radical (unpaired) electrons. The molecule has 0 bridgehead atoms. The average Bonchev–Trinajstić information content (AvgIpc) is 2.94. The smallest absolute Gasteiger partial charge is 0.220 e. The third-order valence-electron chi connectivity index (χ3n) is 4.97. The second-order valence-corrected chi connectivity index (χ2v) is 7.03. The molecule has 1 aliphatic rings. The summed E-state index contributed by atoms with van der Waals surface area (Å²) in [6.45, 7) is 7.19. The van der Waals surface area contributed by atoms with E-state index in [1.54, 1.807) is 0 Å². The largest absolute Gasteiger partial charge is 0.353 e. The van der Waals surface area contributed by atoms with E-state index in [0.29, 0.717) is 24.8 Å². The Morgan fingerprint density at radius 1 is 1.17 bits per heavy atom. The van der Waals surface area contributed by atoms with Crippen molar-refractivity contribution in [1.82, 2.24) is 5.32 Å². The summed E-state index contributed by atoms with van der Waals surface area (Å²) in [4.78, 5) is 12.3. The van der Waals surface area contributed by atoms with E-state index in [1.165, 1.54) is 17.5 Å². The molecule has 0 saturated heterocycles. The van der Waals surface area contributed by atoms with Gasteiger partial charge in [-0.15, -0.1) is 12.4 Å². The second kappa shape index (κ2) is 9.29. The number of benzene rings is 1. The van der Waals surface area contributed by atoms with Gasteiger partial charge in [-0.3, -0.25) is 4.79 Å². The molecule has 1 fully saturated rings. The highest BCUT2D eigenvalue weighted by molar-refractivity contribution is 5.85. The van der Waals surface area contributed by atoms with Crippen molar-refractivity contribution < 1.29 is 4.79 Å². The van der Waals surface area contributed by atoms with E-state index in [-0.39, 0.29) is 30.3 Å². The summed E-state index contributed by atoms with van der Waals surface area (Å²) in [6, 6.07) is 8.95. The van der Waals surface area contributed by atoms with Gasteiger partial charge in [-0.1, -0.05) is 51.5 Å². The summed E-state index contributed by atoms with van der Waals surface area (Å²) in [5, 5.41) is 3.19. The molecule has 3 N–H and O–H groups in total. The van der Waals surface area contributed by atoms with E-state index >= 15 is 0 Å². The molecule has 0 heterocycles. The molecule has 1 amide bonds. The van der Waals surface area contributed by atoms with E-state index in [1.807, 2.05) is 0 Å². The molecule has 2 rings (SSSR count). The van der Waals surface area contributed by atoms with Crippen molar-refractivity contribution in [2.75, 3.05) is 6.54 Å². The van der Waals surface area contributed by atoms with Gasteiger partial charge < -0.3 is 11.1 Å². The Balaban J connectivity index is 0.00000264. The van der Waals surface area contributed by atoms with Gasteiger partial charge in [-0.2, -0.15) is 0 Å². The van der Waals surface area contributed by atoms with E-state index in [9.17, 15) is 4.79 Å². The first kappa shape index (κ1) is 20.0. The number of nitrogens with two attached hydrogens (primary N) is 1. The number of hydrogen-bond acceptors (Lipinski definition) is 2. The van der Waals surface area contributed by atoms with E-state index < -0.39 is 0 Å². The standard InChI is InChI=1S/C19H30N2O.ClH/c1-13(2)15-7-9-16(10-8-15)14(3)11-19(22)21-18-6-4-5-17(18)12-20;/h7-10,13-14,17-18H,4-6,11-12,20H2,1-3H3,(H,21,22);1H. The third kappa shape index (κ3) is 5.50. The second-order valence-electron chi connectivity index (χ2n) is 7.03. The molecule has 0 spiro atoms. The highest BCUT2D eigenvalue weighted by Crippen LogP contribution is 2.26. The SMILES string of the molecule is CC(C)c1ccc(C(C)CC(=O)NC2CCCC2CN)cc1.Cl. The Morgan fingerprint density at radius 3 is 2.35 bits per heavy atom. The van der Waals surface area contributed by atoms with Gasteiger partial charge in [0.15, 0.2) is 0 Å². The lowest BCUT2D eigenvalue weighted by atomic mass is 9.94. The minimum atomic E-state index is 0. The number of rotatable bonds is 6. The predicted molar refractivity (Wildman–Crippen MR) is 99.1 cm³/mol. The lowest BCUT2D eigenvalue weighted by molar-refractivity contribution is -0.122. The third-order valence-corrected chi connectivity index (χ3v) is 4.97. The summed E-state index contributed by atoms with van der Waals surface area (Å²) in [7, 11) is 0. The summed E-state index contributed by atoms with van der Waals surface area (Å²) >= 11 is 0. The van der Waals surface area contributed by atoms with Crippen LogP contribution in [-0.4, -0.2) is 18.5 Å². The van der Waals surface area contributed by atoms with Gasteiger partial charge in [-0.25, -0.2) is 0 Å². The molecule has 0 aromatic heterocycles. The van der Waals surface area contributed by atoms with Crippen LogP contribution in [0.3, 0.4) is 0 Å². The van der Waals surface area contributed by atoms with Crippen LogP contribution in [0.15, 0.2) is 24.3 Å². The average molecular weight is 339 g/mol. The topological polar surface area (TPSA) is 55.1 Å². The van der Waals surface area contributed by atoms with Crippen molar-refractivity contribution in [3.63, 3.8) is 0 Å². The molecule has 4 heteroatoms. The minimum Gasteiger partial charge on any atom is -0.353 e. The lowest BCUT2D eigenvalue weighted by Crippen LogP contribution is -2.40. The van der Waals surface area contributed by atoms with E-state index in [2.05, 4.69) is 50.4 Å². The van der Waals surface area contributed by atoms with Crippen molar-refractivity contribution in [3.8, 4) is 0 Å². The Bertz CT molecular complexity index is 487. The molecule has 1 aromatic rings. The van der Waals surface area contributed by atoms with Crippen LogP contribution in [0.2, 0.25) is 0 Å². The maximum atomic E-state index is 12.3. The van der Waals surface area contributed by atoms with Gasteiger partial charge in [0.05, 0.1) is 0 Å². The van der Waals surface area contributed by atoms with Crippen LogP contribution < -0.4 is 11.1 Å². The van der Waals surface area contributed by atoms with Crippen LogP contribution in [0.25, 0.3) is 0 Å². The van der Waals surface area contributed by atoms with Crippen molar-refractivity contribution in [2.45, 2.75) is 64.3 Å².